The first-order valence-electron chi connectivity index (χ1n) is 7.40. The quantitative estimate of drug-likeness (QED) is 0.757. The summed E-state index contributed by atoms with van der Waals surface area (Å²) in [6.07, 6.45) is 4.54. The Morgan fingerprint density at radius 3 is 2.64 bits per heavy atom. The Kier molecular flexibility index (Phi) is 4.90. The van der Waals surface area contributed by atoms with Crippen LogP contribution in [0.3, 0.4) is 0 Å². The van der Waals surface area contributed by atoms with E-state index in [1.165, 1.54) is 18.5 Å². The van der Waals surface area contributed by atoms with Gasteiger partial charge in [-0.3, -0.25) is 4.79 Å². The van der Waals surface area contributed by atoms with E-state index in [-0.39, 0.29) is 5.91 Å². The predicted octanol–water partition coefficient (Wildman–Crippen LogP) is 4.29. The number of nitrogens with one attached hydrogen (secondary N) is 1. The molecule has 0 spiro atoms. The summed E-state index contributed by atoms with van der Waals surface area (Å²) in [5.74, 6) is -0.752. The minimum Gasteiger partial charge on any atom is -0.340 e. The normalized spacial score (nSPS) is 10.4. The Hall–Kier alpha value is -2.99. The van der Waals surface area contributed by atoms with E-state index in [4.69, 9.17) is 11.6 Å². The summed E-state index contributed by atoms with van der Waals surface area (Å²) in [6.45, 7) is 0. The fourth-order valence-corrected chi connectivity index (χ4v) is 2.47. The Bertz CT molecular complexity index is 905. The Balaban J connectivity index is 1.85. The zero-order chi connectivity index (χ0) is 17.8. The van der Waals surface area contributed by atoms with Crippen LogP contribution in [0.5, 0.6) is 0 Å². The third kappa shape index (κ3) is 3.92. The number of carbonyl (C=O) groups is 1. The van der Waals surface area contributed by atoms with Crippen LogP contribution in [0, 0.1) is 5.82 Å². The highest BCUT2D eigenvalue weighted by molar-refractivity contribution is 6.31. The van der Waals surface area contributed by atoms with Crippen molar-refractivity contribution in [3.05, 3.63) is 77.6 Å². The summed E-state index contributed by atoms with van der Waals surface area (Å²) in [5, 5.41) is 3.21. The molecule has 0 radical (unpaired) electrons. The van der Waals surface area contributed by atoms with Crippen LogP contribution >= 0.6 is 11.6 Å². The van der Waals surface area contributed by atoms with Crippen LogP contribution in [0.1, 0.15) is 10.4 Å². The molecular weight excluding hydrogens is 343 g/mol. The van der Waals surface area contributed by atoms with E-state index in [9.17, 15) is 9.18 Å². The van der Waals surface area contributed by atoms with Crippen molar-refractivity contribution in [2.24, 2.45) is 0 Å². The van der Waals surface area contributed by atoms with Gasteiger partial charge in [0.05, 0.1) is 23.8 Å². The highest BCUT2D eigenvalue weighted by Crippen LogP contribution is 2.28. The number of benzene rings is 2. The summed E-state index contributed by atoms with van der Waals surface area (Å²) in [4.78, 5) is 21.8. The van der Waals surface area contributed by atoms with Crippen LogP contribution in [-0.4, -0.2) is 22.9 Å². The molecule has 2 aromatic carbocycles. The van der Waals surface area contributed by atoms with E-state index in [1.54, 1.807) is 54.7 Å². The molecule has 0 aliphatic rings. The largest absolute Gasteiger partial charge is 0.340 e. The molecule has 126 valence electrons. The van der Waals surface area contributed by atoms with E-state index < -0.39 is 5.82 Å². The molecule has 1 N–H and O–H groups in total. The second-order valence-electron chi connectivity index (χ2n) is 5.29. The molecule has 0 unspecified atom stereocenters. The van der Waals surface area contributed by atoms with E-state index in [0.29, 0.717) is 27.6 Å². The summed E-state index contributed by atoms with van der Waals surface area (Å²) >= 11 is 5.90. The van der Waals surface area contributed by atoms with Crippen molar-refractivity contribution in [1.29, 1.82) is 0 Å². The van der Waals surface area contributed by atoms with E-state index >= 15 is 0 Å². The number of hydrogen-bond acceptors (Lipinski definition) is 4. The third-order valence-corrected chi connectivity index (χ3v) is 3.82. The van der Waals surface area contributed by atoms with E-state index in [1.807, 2.05) is 0 Å². The maximum absolute atomic E-state index is 14.2. The van der Waals surface area contributed by atoms with E-state index in [0.717, 1.165) is 0 Å². The molecule has 25 heavy (non-hydrogen) atoms. The standard InChI is InChI=1S/C18H14ClFN4O/c1-24(15-9-21-11-22-10-15)17-8-14(5-6-16(17)20)23-18(25)12-3-2-4-13(19)7-12/h2-11H,1H3,(H,23,25). The maximum Gasteiger partial charge on any atom is 0.255 e. The number of amides is 1. The van der Waals surface area contributed by atoms with Gasteiger partial charge >= 0.3 is 0 Å². The van der Waals surface area contributed by atoms with Gasteiger partial charge < -0.3 is 10.2 Å². The maximum atomic E-state index is 14.2. The average molecular weight is 357 g/mol. The molecule has 0 bridgehead atoms. The summed E-state index contributed by atoms with van der Waals surface area (Å²) in [5.41, 5.74) is 1.80. The van der Waals surface area contributed by atoms with Gasteiger partial charge in [0.1, 0.15) is 12.1 Å². The molecular formula is C18H14ClFN4O. The molecule has 3 aromatic rings. The van der Waals surface area contributed by atoms with Gasteiger partial charge in [0, 0.05) is 23.3 Å². The van der Waals surface area contributed by atoms with E-state index in [2.05, 4.69) is 15.3 Å². The van der Waals surface area contributed by atoms with Crippen LogP contribution in [0.25, 0.3) is 0 Å². The Morgan fingerprint density at radius 1 is 1.16 bits per heavy atom. The van der Waals surface area contributed by atoms with Crippen LogP contribution in [-0.2, 0) is 0 Å². The van der Waals surface area contributed by atoms with Crippen molar-refractivity contribution in [3.63, 3.8) is 0 Å². The fraction of sp³-hybridized carbons (Fsp3) is 0.0556. The minimum atomic E-state index is -0.424. The molecule has 0 aliphatic carbocycles. The lowest BCUT2D eigenvalue weighted by Gasteiger charge is -2.20. The average Bonchev–Trinajstić information content (AvgIpc) is 2.63. The number of halogens is 2. The molecule has 0 aliphatic heterocycles. The summed E-state index contributed by atoms with van der Waals surface area (Å²) in [7, 11) is 1.69. The Morgan fingerprint density at radius 2 is 1.92 bits per heavy atom. The summed E-state index contributed by atoms with van der Waals surface area (Å²) < 4.78 is 14.2. The van der Waals surface area contributed by atoms with Gasteiger partial charge in [-0.1, -0.05) is 17.7 Å². The van der Waals surface area contributed by atoms with Crippen LogP contribution in [0.15, 0.2) is 61.2 Å². The summed E-state index contributed by atoms with van der Waals surface area (Å²) in [6, 6.07) is 10.9. The fourth-order valence-electron chi connectivity index (χ4n) is 2.28. The van der Waals surface area contributed by atoms with Gasteiger partial charge in [0.2, 0.25) is 0 Å². The van der Waals surface area contributed by atoms with Gasteiger partial charge in [0.15, 0.2) is 0 Å². The van der Waals surface area contributed by atoms with Crippen molar-refractivity contribution in [2.45, 2.75) is 0 Å². The van der Waals surface area contributed by atoms with Gasteiger partial charge in [-0.2, -0.15) is 0 Å². The highest BCUT2D eigenvalue weighted by atomic mass is 35.5. The number of nitrogens with zero attached hydrogens (tertiary/aromatic N) is 3. The number of aromatic nitrogens is 2. The van der Waals surface area contributed by atoms with Crippen molar-refractivity contribution < 1.29 is 9.18 Å². The van der Waals surface area contributed by atoms with Crippen LogP contribution in [0.2, 0.25) is 5.02 Å². The monoisotopic (exact) mass is 356 g/mol. The van der Waals surface area contributed by atoms with Crippen molar-refractivity contribution in [2.75, 3.05) is 17.3 Å². The second-order valence-corrected chi connectivity index (χ2v) is 5.72. The lowest BCUT2D eigenvalue weighted by atomic mass is 10.2. The zero-order valence-electron chi connectivity index (χ0n) is 13.3. The zero-order valence-corrected chi connectivity index (χ0v) is 14.0. The number of rotatable bonds is 4. The number of anilines is 3. The van der Waals surface area contributed by atoms with Crippen molar-refractivity contribution in [3.8, 4) is 0 Å². The van der Waals surface area contributed by atoms with Crippen LogP contribution < -0.4 is 10.2 Å². The van der Waals surface area contributed by atoms with Gasteiger partial charge in [-0.15, -0.1) is 0 Å². The molecule has 3 rings (SSSR count). The lowest BCUT2D eigenvalue weighted by Crippen LogP contribution is -2.15. The van der Waals surface area contributed by atoms with Gasteiger partial charge in [-0.25, -0.2) is 14.4 Å². The molecule has 0 atom stereocenters. The topological polar surface area (TPSA) is 58.1 Å². The van der Waals surface area contributed by atoms with Crippen molar-refractivity contribution in [1.82, 2.24) is 9.97 Å². The molecule has 1 aromatic heterocycles. The smallest absolute Gasteiger partial charge is 0.255 e. The van der Waals surface area contributed by atoms with Crippen LogP contribution in [0.4, 0.5) is 21.5 Å². The Labute approximate surface area is 149 Å². The molecule has 0 saturated heterocycles. The molecule has 1 amide bonds. The number of carbonyl (C=O) groups excluding carboxylic acids is 1. The third-order valence-electron chi connectivity index (χ3n) is 3.59. The number of hydrogen-bond donors (Lipinski definition) is 1. The SMILES string of the molecule is CN(c1cncnc1)c1cc(NC(=O)c2cccc(Cl)c2)ccc1F. The molecule has 1 heterocycles. The molecule has 5 nitrogen and oxygen atoms in total. The lowest BCUT2D eigenvalue weighted by molar-refractivity contribution is 0.102. The van der Waals surface area contributed by atoms with Crippen molar-refractivity contribution >= 4 is 34.6 Å². The predicted molar refractivity (Wildman–Crippen MR) is 95.9 cm³/mol. The highest BCUT2D eigenvalue weighted by Gasteiger charge is 2.13. The van der Waals surface area contributed by atoms with Gasteiger partial charge in [0.25, 0.3) is 5.91 Å². The molecule has 0 fully saturated rings. The first kappa shape index (κ1) is 16.9. The van der Waals surface area contributed by atoms with Gasteiger partial charge in [-0.05, 0) is 36.4 Å². The minimum absolute atomic E-state index is 0.290. The second kappa shape index (κ2) is 7.27. The molecule has 0 saturated carbocycles. The first-order valence-corrected chi connectivity index (χ1v) is 7.77. The first-order chi connectivity index (χ1) is 12.0. The molecule has 7 heteroatoms.